The smallest absolute Gasteiger partial charge is 0.0195 e. The van der Waals surface area contributed by atoms with Crippen molar-refractivity contribution in [2.75, 3.05) is 0 Å². The second-order valence-corrected chi connectivity index (χ2v) is 2.64. The van der Waals surface area contributed by atoms with Crippen LogP contribution in [0.25, 0.3) is 0 Å². The van der Waals surface area contributed by atoms with E-state index in [4.69, 9.17) is 5.73 Å². The van der Waals surface area contributed by atoms with E-state index in [1.807, 2.05) is 19.1 Å². The lowest BCUT2D eigenvalue weighted by Crippen LogP contribution is -2.34. The number of nitrogens with two attached hydrogens (primary N) is 1. The molecule has 0 atom stereocenters. The van der Waals surface area contributed by atoms with Crippen LogP contribution in [0.1, 0.15) is 19.8 Å². The third kappa shape index (κ3) is 5.54. The average Bonchev–Trinajstić information content (AvgIpc) is 1.64. The zero-order chi connectivity index (χ0) is 7.33. The third-order valence-electron chi connectivity index (χ3n) is 1.22. The summed E-state index contributed by atoms with van der Waals surface area (Å²) < 4.78 is 0. The topological polar surface area (TPSA) is 61.0 Å². The maximum atomic E-state index is 5.80. The van der Waals surface area contributed by atoms with Gasteiger partial charge in [0.05, 0.1) is 0 Å². The van der Waals surface area contributed by atoms with Crippen molar-refractivity contribution in [1.29, 1.82) is 0 Å². The molecule has 0 heterocycles. The van der Waals surface area contributed by atoms with Crippen LogP contribution in [-0.2, 0) is 0 Å². The molecule has 0 saturated carbocycles. The van der Waals surface area contributed by atoms with Crippen molar-refractivity contribution in [1.82, 2.24) is 6.15 Å². The van der Waals surface area contributed by atoms with Crippen LogP contribution in [0.2, 0.25) is 0 Å². The molecule has 2 heteroatoms. The SMILES string of the molecule is C=CCC(C)(N)CC=C.N. The van der Waals surface area contributed by atoms with E-state index in [2.05, 4.69) is 13.2 Å². The van der Waals surface area contributed by atoms with E-state index >= 15 is 0 Å². The van der Waals surface area contributed by atoms with Crippen LogP contribution < -0.4 is 11.9 Å². The summed E-state index contributed by atoms with van der Waals surface area (Å²) in [5, 5.41) is 0. The molecule has 0 bridgehead atoms. The Kier molecular flexibility index (Phi) is 6.31. The second kappa shape index (κ2) is 5.21. The Hall–Kier alpha value is -0.600. The molecule has 10 heavy (non-hydrogen) atoms. The van der Waals surface area contributed by atoms with Crippen molar-refractivity contribution in [3.05, 3.63) is 25.3 Å². The lowest BCUT2D eigenvalue weighted by atomic mass is 9.95. The first-order chi connectivity index (χ1) is 4.12. The summed E-state index contributed by atoms with van der Waals surface area (Å²) in [6, 6.07) is 0. The van der Waals surface area contributed by atoms with Gasteiger partial charge in [0.25, 0.3) is 0 Å². The molecule has 0 fully saturated rings. The monoisotopic (exact) mass is 142 g/mol. The standard InChI is InChI=1S/C8H15N.H3N/c1-4-6-8(3,9)7-5-2;/h4-5H,1-2,6-7,9H2,3H3;1H3. The summed E-state index contributed by atoms with van der Waals surface area (Å²) in [6.45, 7) is 9.22. The average molecular weight is 142 g/mol. The maximum Gasteiger partial charge on any atom is 0.0195 e. The Bertz CT molecular complexity index is 93.8. The zero-order valence-electron chi connectivity index (χ0n) is 6.77. The first kappa shape index (κ1) is 12.1. The van der Waals surface area contributed by atoms with E-state index in [9.17, 15) is 0 Å². The summed E-state index contributed by atoms with van der Waals surface area (Å²) in [4.78, 5) is 0. The Balaban J connectivity index is 0. The minimum atomic E-state index is -0.135. The van der Waals surface area contributed by atoms with Crippen molar-refractivity contribution in [2.24, 2.45) is 5.73 Å². The van der Waals surface area contributed by atoms with Crippen molar-refractivity contribution in [2.45, 2.75) is 25.3 Å². The van der Waals surface area contributed by atoms with Gasteiger partial charge in [0.1, 0.15) is 0 Å². The molecule has 0 rings (SSSR count). The Morgan fingerprint density at radius 1 is 1.30 bits per heavy atom. The summed E-state index contributed by atoms with van der Waals surface area (Å²) in [6.07, 6.45) is 5.37. The van der Waals surface area contributed by atoms with Crippen LogP contribution in [-0.4, -0.2) is 5.54 Å². The minimum absolute atomic E-state index is 0. The van der Waals surface area contributed by atoms with E-state index < -0.39 is 0 Å². The lowest BCUT2D eigenvalue weighted by Gasteiger charge is -2.20. The van der Waals surface area contributed by atoms with Crippen LogP contribution in [0.15, 0.2) is 25.3 Å². The van der Waals surface area contributed by atoms with Crippen molar-refractivity contribution < 1.29 is 0 Å². The normalized spacial score (nSPS) is 9.80. The van der Waals surface area contributed by atoms with Gasteiger partial charge in [-0.1, -0.05) is 12.2 Å². The minimum Gasteiger partial charge on any atom is -0.344 e. The van der Waals surface area contributed by atoms with Crippen LogP contribution in [0, 0.1) is 0 Å². The van der Waals surface area contributed by atoms with Gasteiger partial charge in [-0.05, 0) is 19.8 Å². The van der Waals surface area contributed by atoms with Gasteiger partial charge in [0.2, 0.25) is 0 Å². The highest BCUT2D eigenvalue weighted by atomic mass is 14.7. The highest BCUT2D eigenvalue weighted by Crippen LogP contribution is 2.10. The summed E-state index contributed by atoms with van der Waals surface area (Å²) in [5.41, 5.74) is 5.66. The number of hydrogen-bond donors (Lipinski definition) is 2. The van der Waals surface area contributed by atoms with Gasteiger partial charge >= 0.3 is 0 Å². The van der Waals surface area contributed by atoms with Gasteiger partial charge in [-0.2, -0.15) is 0 Å². The molecule has 0 aliphatic rings. The molecule has 0 aromatic carbocycles. The molecule has 60 valence electrons. The molecule has 2 nitrogen and oxygen atoms in total. The second-order valence-electron chi connectivity index (χ2n) is 2.64. The molecular weight excluding hydrogens is 124 g/mol. The molecule has 0 radical (unpaired) electrons. The van der Waals surface area contributed by atoms with Gasteiger partial charge < -0.3 is 11.9 Å². The van der Waals surface area contributed by atoms with E-state index in [0.29, 0.717) is 0 Å². The predicted octanol–water partition coefficient (Wildman–Crippen LogP) is 2.02. The fraction of sp³-hybridized carbons (Fsp3) is 0.500. The fourth-order valence-corrected chi connectivity index (χ4v) is 0.743. The fourth-order valence-electron chi connectivity index (χ4n) is 0.743. The molecular formula is C8H18N2. The highest BCUT2D eigenvalue weighted by Gasteiger charge is 2.12. The van der Waals surface area contributed by atoms with E-state index in [-0.39, 0.29) is 11.7 Å². The summed E-state index contributed by atoms with van der Waals surface area (Å²) >= 11 is 0. The number of hydrogen-bond acceptors (Lipinski definition) is 2. The Morgan fingerprint density at radius 3 is 1.80 bits per heavy atom. The van der Waals surface area contributed by atoms with E-state index in [1.165, 1.54) is 0 Å². The molecule has 0 aliphatic heterocycles. The van der Waals surface area contributed by atoms with Crippen LogP contribution in [0.3, 0.4) is 0 Å². The van der Waals surface area contributed by atoms with Crippen LogP contribution in [0.4, 0.5) is 0 Å². The molecule has 0 amide bonds. The Morgan fingerprint density at radius 2 is 1.60 bits per heavy atom. The van der Waals surface area contributed by atoms with E-state index in [0.717, 1.165) is 12.8 Å². The molecule has 0 saturated heterocycles. The molecule has 0 aliphatic carbocycles. The van der Waals surface area contributed by atoms with Crippen molar-refractivity contribution in [3.63, 3.8) is 0 Å². The lowest BCUT2D eigenvalue weighted by molar-refractivity contribution is 0.482. The molecule has 0 unspecified atom stereocenters. The highest BCUT2D eigenvalue weighted by molar-refractivity contribution is 4.91. The van der Waals surface area contributed by atoms with E-state index in [1.54, 1.807) is 0 Å². The van der Waals surface area contributed by atoms with Gasteiger partial charge in [-0.3, -0.25) is 0 Å². The molecule has 0 spiro atoms. The van der Waals surface area contributed by atoms with Gasteiger partial charge in [-0.25, -0.2) is 0 Å². The summed E-state index contributed by atoms with van der Waals surface area (Å²) in [7, 11) is 0. The quantitative estimate of drug-likeness (QED) is 0.590. The van der Waals surface area contributed by atoms with Crippen LogP contribution >= 0.6 is 0 Å². The maximum absolute atomic E-state index is 5.80. The first-order valence-corrected chi connectivity index (χ1v) is 3.13. The number of rotatable bonds is 4. The Labute approximate surface area is 63.4 Å². The van der Waals surface area contributed by atoms with Crippen molar-refractivity contribution >= 4 is 0 Å². The zero-order valence-corrected chi connectivity index (χ0v) is 6.77. The predicted molar refractivity (Wildman–Crippen MR) is 47.2 cm³/mol. The third-order valence-corrected chi connectivity index (χ3v) is 1.22. The molecule has 5 N–H and O–H groups in total. The molecule has 0 aromatic heterocycles. The van der Waals surface area contributed by atoms with Gasteiger partial charge in [0, 0.05) is 5.54 Å². The van der Waals surface area contributed by atoms with Gasteiger partial charge in [-0.15, -0.1) is 13.2 Å². The van der Waals surface area contributed by atoms with Gasteiger partial charge in [0.15, 0.2) is 0 Å². The van der Waals surface area contributed by atoms with Crippen LogP contribution in [0.5, 0.6) is 0 Å². The summed E-state index contributed by atoms with van der Waals surface area (Å²) in [5.74, 6) is 0. The molecule has 0 aromatic rings. The first-order valence-electron chi connectivity index (χ1n) is 3.13. The van der Waals surface area contributed by atoms with Crippen molar-refractivity contribution in [3.8, 4) is 0 Å². The largest absolute Gasteiger partial charge is 0.344 e.